The van der Waals surface area contributed by atoms with Crippen molar-refractivity contribution in [3.63, 3.8) is 0 Å². The van der Waals surface area contributed by atoms with Crippen LogP contribution < -0.4 is 11.1 Å². The smallest absolute Gasteiger partial charge is 0.245 e. The predicted molar refractivity (Wildman–Crippen MR) is 149 cm³/mol. The van der Waals surface area contributed by atoms with E-state index in [-0.39, 0.29) is 23.3 Å². The van der Waals surface area contributed by atoms with Gasteiger partial charge < -0.3 is 20.9 Å². The van der Waals surface area contributed by atoms with Crippen LogP contribution in [0.5, 0.6) is 0 Å². The molecule has 0 bridgehead atoms. The lowest BCUT2D eigenvalue weighted by atomic mass is 9.87. The van der Waals surface area contributed by atoms with Gasteiger partial charge in [-0.3, -0.25) is 9.59 Å². The third-order valence-corrected chi connectivity index (χ3v) is 7.83. The minimum atomic E-state index is -0.652. The summed E-state index contributed by atoms with van der Waals surface area (Å²) < 4.78 is 0. The topological polar surface area (TPSA) is 78.7 Å². The maximum atomic E-state index is 14.1. The second kappa shape index (κ2) is 11.8. The molecule has 2 aliphatic rings. The van der Waals surface area contributed by atoms with Crippen LogP contribution in [0, 0.1) is 5.41 Å². The highest BCUT2D eigenvalue weighted by molar-refractivity contribution is 5.90. The maximum Gasteiger partial charge on any atom is 0.245 e. The molecule has 2 aromatic rings. The zero-order valence-corrected chi connectivity index (χ0v) is 22.9. The molecule has 5 atom stereocenters. The third-order valence-electron chi connectivity index (χ3n) is 7.83. The van der Waals surface area contributed by atoms with Gasteiger partial charge in [0.05, 0.1) is 6.04 Å². The summed E-state index contributed by atoms with van der Waals surface area (Å²) in [5.41, 5.74) is 8.41. The fourth-order valence-corrected chi connectivity index (χ4v) is 5.94. The van der Waals surface area contributed by atoms with Crippen molar-refractivity contribution in [1.82, 2.24) is 15.1 Å². The van der Waals surface area contributed by atoms with Gasteiger partial charge >= 0.3 is 0 Å². The van der Waals surface area contributed by atoms with Gasteiger partial charge in [-0.2, -0.15) is 0 Å². The zero-order chi connectivity index (χ0) is 26.6. The zero-order valence-electron chi connectivity index (χ0n) is 22.9. The van der Waals surface area contributed by atoms with Gasteiger partial charge in [0.1, 0.15) is 6.04 Å². The van der Waals surface area contributed by atoms with Gasteiger partial charge in [0, 0.05) is 31.6 Å². The minimum Gasteiger partial charge on any atom is -0.343 e. The van der Waals surface area contributed by atoms with Crippen molar-refractivity contribution < 1.29 is 9.59 Å². The number of likely N-dealkylation sites (tertiary alicyclic amines) is 2. The molecule has 6 heteroatoms. The average molecular weight is 505 g/mol. The molecule has 0 aromatic heterocycles. The maximum absolute atomic E-state index is 14.1. The first-order valence-corrected chi connectivity index (χ1v) is 13.8. The molecule has 2 amide bonds. The Morgan fingerprint density at radius 2 is 1.57 bits per heavy atom. The van der Waals surface area contributed by atoms with Crippen molar-refractivity contribution in [2.24, 2.45) is 11.1 Å². The lowest BCUT2D eigenvalue weighted by Gasteiger charge is -2.34. The summed E-state index contributed by atoms with van der Waals surface area (Å²) in [4.78, 5) is 31.2. The van der Waals surface area contributed by atoms with E-state index in [1.54, 1.807) is 6.92 Å². The molecular weight excluding hydrogens is 460 g/mol. The first-order chi connectivity index (χ1) is 17.6. The van der Waals surface area contributed by atoms with Gasteiger partial charge in [0.25, 0.3) is 0 Å². The van der Waals surface area contributed by atoms with Crippen LogP contribution in [-0.2, 0) is 9.59 Å². The van der Waals surface area contributed by atoms with Crippen LogP contribution in [0.2, 0.25) is 0 Å². The molecule has 4 rings (SSSR count). The molecule has 2 aliphatic heterocycles. The van der Waals surface area contributed by atoms with E-state index in [4.69, 9.17) is 5.73 Å². The number of hydrogen-bond acceptors (Lipinski definition) is 4. The second-order valence-electron chi connectivity index (χ2n) is 12.3. The highest BCUT2D eigenvalue weighted by Gasteiger charge is 2.41. The van der Waals surface area contributed by atoms with Gasteiger partial charge in [-0.05, 0) is 55.2 Å². The Labute approximate surface area is 222 Å². The molecule has 2 heterocycles. The van der Waals surface area contributed by atoms with E-state index in [2.05, 4.69) is 90.5 Å². The number of carbonyl (C=O) groups is 2. The second-order valence-corrected chi connectivity index (χ2v) is 12.3. The molecule has 6 nitrogen and oxygen atoms in total. The highest BCUT2D eigenvalue weighted by atomic mass is 16.2. The first-order valence-electron chi connectivity index (χ1n) is 13.8. The highest BCUT2D eigenvalue weighted by Crippen LogP contribution is 2.35. The number of rotatable bonds is 8. The van der Waals surface area contributed by atoms with Crippen molar-refractivity contribution >= 4 is 11.8 Å². The van der Waals surface area contributed by atoms with Crippen LogP contribution in [0.3, 0.4) is 0 Å². The Bertz CT molecular complexity index is 1030. The molecule has 2 fully saturated rings. The summed E-state index contributed by atoms with van der Waals surface area (Å²) in [5.74, 6) is 0.576. The average Bonchev–Trinajstić information content (AvgIpc) is 3.51. The Balaban J connectivity index is 1.53. The fraction of sp³-hybridized carbons (Fsp3) is 0.548. The lowest BCUT2D eigenvalue weighted by molar-refractivity contribution is -0.138. The van der Waals surface area contributed by atoms with E-state index in [0.29, 0.717) is 24.8 Å². The van der Waals surface area contributed by atoms with E-state index >= 15 is 0 Å². The van der Waals surface area contributed by atoms with Crippen LogP contribution in [0.15, 0.2) is 60.7 Å². The number of nitrogens with two attached hydrogens (primary N) is 1. The monoisotopic (exact) mass is 504 g/mol. The number of carbonyl (C=O) groups excluding carboxylic acids is 2. The Morgan fingerprint density at radius 1 is 0.973 bits per heavy atom. The number of amides is 2. The van der Waals surface area contributed by atoms with Gasteiger partial charge in [0.15, 0.2) is 0 Å². The van der Waals surface area contributed by atoms with Crippen molar-refractivity contribution in [2.75, 3.05) is 26.2 Å². The van der Waals surface area contributed by atoms with Gasteiger partial charge in [-0.1, -0.05) is 81.4 Å². The van der Waals surface area contributed by atoms with Gasteiger partial charge in [0.2, 0.25) is 11.8 Å². The first kappa shape index (κ1) is 27.3. The number of benzene rings is 2. The van der Waals surface area contributed by atoms with E-state index in [9.17, 15) is 9.59 Å². The van der Waals surface area contributed by atoms with Crippen molar-refractivity contribution in [3.05, 3.63) is 71.8 Å². The molecule has 3 N–H and O–H groups in total. The fourth-order valence-electron chi connectivity index (χ4n) is 5.94. The summed E-state index contributed by atoms with van der Waals surface area (Å²) in [6.07, 6.45) is 2.65. The van der Waals surface area contributed by atoms with E-state index in [1.807, 2.05) is 6.07 Å². The number of nitrogens with zero attached hydrogens (tertiary/aromatic N) is 2. The van der Waals surface area contributed by atoms with E-state index < -0.39 is 12.1 Å². The number of hydrogen-bond donors (Lipinski definition) is 2. The summed E-state index contributed by atoms with van der Waals surface area (Å²) >= 11 is 0. The Kier molecular flexibility index (Phi) is 8.71. The van der Waals surface area contributed by atoms with Crippen LogP contribution in [-0.4, -0.2) is 65.9 Å². The normalized spacial score (nSPS) is 24.1. The third kappa shape index (κ3) is 7.20. The van der Waals surface area contributed by atoms with E-state index in [0.717, 1.165) is 32.5 Å². The lowest BCUT2D eigenvalue weighted by Crippen LogP contribution is -2.55. The van der Waals surface area contributed by atoms with Crippen LogP contribution >= 0.6 is 0 Å². The van der Waals surface area contributed by atoms with E-state index in [1.165, 1.54) is 11.1 Å². The molecule has 200 valence electrons. The van der Waals surface area contributed by atoms with Crippen LogP contribution in [0.1, 0.15) is 69.9 Å². The molecule has 1 unspecified atom stereocenters. The molecular formula is C31H44N4O2. The summed E-state index contributed by atoms with van der Waals surface area (Å²) in [7, 11) is 0. The van der Waals surface area contributed by atoms with Crippen molar-refractivity contribution in [3.8, 4) is 0 Å². The molecule has 2 aromatic carbocycles. The largest absolute Gasteiger partial charge is 0.343 e. The predicted octanol–water partition coefficient (Wildman–Crippen LogP) is 4.13. The summed E-state index contributed by atoms with van der Waals surface area (Å²) in [5, 5.41) is 2.98. The molecule has 0 aliphatic carbocycles. The van der Waals surface area contributed by atoms with Crippen molar-refractivity contribution in [2.45, 2.75) is 76.9 Å². The Hall–Kier alpha value is -2.70. The summed E-state index contributed by atoms with van der Waals surface area (Å²) in [6, 6.07) is 20.2. The van der Waals surface area contributed by atoms with Gasteiger partial charge in [-0.25, -0.2) is 0 Å². The number of nitrogens with one attached hydrogen (secondary N) is 1. The minimum absolute atomic E-state index is 0.0196. The standard InChI is InChI=1S/C31H44N4O2/c1-22(32)29(36)33-28(18-31(2,3)4)30(37)35-20-26(24-13-9-6-10-14-24)17-27(35)21-34-16-15-25(19-34)23-11-7-5-8-12-23/h5-14,22,25-28H,15-21,32H2,1-4H3,(H,33,36)/t22-,25?,26-,27-,28+/m0/s1. The van der Waals surface area contributed by atoms with Crippen LogP contribution in [0.25, 0.3) is 0 Å². The Morgan fingerprint density at radius 3 is 2.14 bits per heavy atom. The quantitative estimate of drug-likeness (QED) is 0.567. The molecule has 0 spiro atoms. The van der Waals surface area contributed by atoms with Gasteiger partial charge in [-0.15, -0.1) is 0 Å². The molecule has 37 heavy (non-hydrogen) atoms. The summed E-state index contributed by atoms with van der Waals surface area (Å²) in [6.45, 7) is 11.6. The SMILES string of the molecule is C[C@H](N)C(=O)N[C@H](CC(C)(C)C)C(=O)N1C[C@@H](c2ccccc2)C[C@H]1CN1CCC(c2ccccc2)C1. The molecule has 0 saturated carbocycles. The van der Waals surface area contributed by atoms with Crippen LogP contribution in [0.4, 0.5) is 0 Å². The molecule has 0 radical (unpaired) electrons. The van der Waals surface area contributed by atoms with Crippen molar-refractivity contribution in [1.29, 1.82) is 0 Å². The molecule has 2 saturated heterocycles.